The largest absolute Gasteiger partial charge is 0.298 e. The highest BCUT2D eigenvalue weighted by Crippen LogP contribution is 2.25. The van der Waals surface area contributed by atoms with Crippen molar-refractivity contribution < 1.29 is 0 Å². The van der Waals surface area contributed by atoms with Gasteiger partial charge in [-0.3, -0.25) is 9.89 Å². The molecule has 3 heteroatoms. The number of hydrogen-bond donors (Lipinski definition) is 1. The molecule has 0 saturated carbocycles. The van der Waals surface area contributed by atoms with Crippen LogP contribution in [0.1, 0.15) is 36.5 Å². The topological polar surface area (TPSA) is 37.8 Å². The molecule has 0 atom stereocenters. The van der Waals surface area contributed by atoms with E-state index in [0.29, 0.717) is 5.92 Å². The third-order valence-electron chi connectivity index (χ3n) is 3.31. The van der Waals surface area contributed by atoms with Crippen LogP contribution in [0.3, 0.4) is 0 Å². The van der Waals surface area contributed by atoms with Crippen LogP contribution in [0, 0.1) is 13.8 Å². The quantitative estimate of drug-likeness (QED) is 0.846. The molecular weight excluding hydrogens is 212 g/mol. The molecule has 0 aliphatic rings. The molecule has 0 bridgehead atoms. The molecule has 0 aliphatic heterocycles. The van der Waals surface area contributed by atoms with Crippen LogP contribution in [0.2, 0.25) is 0 Å². The number of nitrogens with zero attached hydrogens (tertiary/aromatic N) is 1. The first-order valence-corrected chi connectivity index (χ1v) is 5.89. The van der Waals surface area contributed by atoms with Crippen LogP contribution in [-0.2, 0) is 0 Å². The maximum absolute atomic E-state index is 11.6. The van der Waals surface area contributed by atoms with E-state index in [-0.39, 0.29) is 5.56 Å². The van der Waals surface area contributed by atoms with E-state index in [1.165, 1.54) is 17.2 Å². The van der Waals surface area contributed by atoms with Gasteiger partial charge in [-0.15, -0.1) is 0 Å². The lowest BCUT2D eigenvalue weighted by molar-refractivity contribution is 0.822. The summed E-state index contributed by atoms with van der Waals surface area (Å²) in [5, 5.41) is 2.94. The summed E-state index contributed by atoms with van der Waals surface area (Å²) in [6, 6.07) is 5.65. The Hall–Kier alpha value is -1.77. The standard InChI is InChI=1S/C14H18N2O/c1-9(2)12-5-6-13(11(4)10(12)3)16-14(17)7-8-15-16/h5-9,15H,1-4H3. The normalized spacial score (nSPS) is 11.1. The van der Waals surface area contributed by atoms with Gasteiger partial charge in [0.1, 0.15) is 0 Å². The second kappa shape index (κ2) is 4.24. The molecule has 1 N–H and O–H groups in total. The summed E-state index contributed by atoms with van der Waals surface area (Å²) in [6.45, 7) is 8.54. The van der Waals surface area contributed by atoms with E-state index in [9.17, 15) is 4.79 Å². The van der Waals surface area contributed by atoms with Crippen LogP contribution in [0.5, 0.6) is 0 Å². The Morgan fingerprint density at radius 2 is 1.82 bits per heavy atom. The van der Waals surface area contributed by atoms with Crippen molar-refractivity contribution in [3.05, 3.63) is 51.4 Å². The predicted octanol–water partition coefficient (Wildman–Crippen LogP) is 2.91. The lowest BCUT2D eigenvalue weighted by Crippen LogP contribution is -2.15. The summed E-state index contributed by atoms with van der Waals surface area (Å²) in [4.78, 5) is 11.6. The molecule has 0 fully saturated rings. The van der Waals surface area contributed by atoms with Crippen molar-refractivity contribution in [2.45, 2.75) is 33.6 Å². The number of H-pyrrole nitrogens is 1. The number of aromatic nitrogens is 2. The van der Waals surface area contributed by atoms with Crippen LogP contribution in [0.15, 0.2) is 29.2 Å². The zero-order valence-electron chi connectivity index (χ0n) is 10.7. The molecule has 2 aromatic rings. The molecule has 0 radical (unpaired) electrons. The van der Waals surface area contributed by atoms with Crippen LogP contribution >= 0.6 is 0 Å². The third-order valence-corrected chi connectivity index (χ3v) is 3.31. The number of aromatic amines is 1. The lowest BCUT2D eigenvalue weighted by Gasteiger charge is -2.15. The first-order chi connectivity index (χ1) is 8.02. The van der Waals surface area contributed by atoms with E-state index in [4.69, 9.17) is 0 Å². The van der Waals surface area contributed by atoms with E-state index >= 15 is 0 Å². The zero-order chi connectivity index (χ0) is 12.6. The minimum atomic E-state index is -0.0233. The van der Waals surface area contributed by atoms with Crippen LogP contribution in [0.25, 0.3) is 5.69 Å². The molecule has 1 aromatic carbocycles. The molecule has 0 saturated heterocycles. The number of nitrogens with one attached hydrogen (secondary N) is 1. The van der Waals surface area contributed by atoms with Crippen molar-refractivity contribution in [1.82, 2.24) is 9.78 Å². The minimum absolute atomic E-state index is 0.0233. The Kier molecular flexibility index (Phi) is 2.92. The summed E-state index contributed by atoms with van der Waals surface area (Å²) in [6.07, 6.45) is 1.66. The summed E-state index contributed by atoms with van der Waals surface area (Å²) in [5.74, 6) is 0.503. The van der Waals surface area contributed by atoms with Gasteiger partial charge >= 0.3 is 0 Å². The van der Waals surface area contributed by atoms with E-state index < -0.39 is 0 Å². The van der Waals surface area contributed by atoms with Gasteiger partial charge in [-0.1, -0.05) is 19.9 Å². The second-order valence-electron chi connectivity index (χ2n) is 4.71. The van der Waals surface area contributed by atoms with Gasteiger partial charge in [0.25, 0.3) is 5.56 Å². The highest BCUT2D eigenvalue weighted by molar-refractivity contribution is 5.48. The summed E-state index contributed by atoms with van der Waals surface area (Å²) < 4.78 is 1.58. The van der Waals surface area contributed by atoms with Crippen molar-refractivity contribution >= 4 is 0 Å². The summed E-state index contributed by atoms with van der Waals surface area (Å²) >= 11 is 0. The molecule has 0 unspecified atom stereocenters. The van der Waals surface area contributed by atoms with E-state index in [1.807, 2.05) is 6.07 Å². The maximum Gasteiger partial charge on any atom is 0.271 e. The minimum Gasteiger partial charge on any atom is -0.298 e. The molecule has 0 amide bonds. The van der Waals surface area contributed by atoms with Crippen molar-refractivity contribution in [3.63, 3.8) is 0 Å². The number of rotatable bonds is 2. The van der Waals surface area contributed by atoms with Crippen molar-refractivity contribution in [2.24, 2.45) is 0 Å². The van der Waals surface area contributed by atoms with Gasteiger partial charge in [-0.2, -0.15) is 0 Å². The molecule has 2 rings (SSSR count). The predicted molar refractivity (Wildman–Crippen MR) is 70.0 cm³/mol. The Bertz CT molecular complexity index is 591. The number of benzene rings is 1. The Labute approximate surface area is 101 Å². The van der Waals surface area contributed by atoms with Gasteiger partial charge < -0.3 is 0 Å². The highest BCUT2D eigenvalue weighted by Gasteiger charge is 2.11. The molecule has 1 aromatic heterocycles. The summed E-state index contributed by atoms with van der Waals surface area (Å²) in [5.41, 5.74) is 4.66. The Morgan fingerprint density at radius 3 is 2.35 bits per heavy atom. The van der Waals surface area contributed by atoms with E-state index in [0.717, 1.165) is 11.3 Å². The third kappa shape index (κ3) is 1.93. The molecular formula is C14H18N2O. The van der Waals surface area contributed by atoms with Gasteiger partial charge in [0.15, 0.2) is 0 Å². The molecule has 90 valence electrons. The first-order valence-electron chi connectivity index (χ1n) is 5.89. The molecule has 0 aliphatic carbocycles. The van der Waals surface area contributed by atoms with Gasteiger partial charge in [0.05, 0.1) is 5.69 Å². The zero-order valence-corrected chi connectivity index (χ0v) is 10.7. The SMILES string of the molecule is Cc1c(C(C)C)ccc(-n2[nH]ccc2=O)c1C. The molecule has 0 spiro atoms. The fourth-order valence-electron chi connectivity index (χ4n) is 2.20. The van der Waals surface area contributed by atoms with Crippen LogP contribution in [0.4, 0.5) is 0 Å². The second-order valence-corrected chi connectivity index (χ2v) is 4.71. The van der Waals surface area contributed by atoms with Crippen LogP contribution in [-0.4, -0.2) is 9.78 Å². The summed E-state index contributed by atoms with van der Waals surface area (Å²) in [7, 11) is 0. The first kappa shape index (κ1) is 11.7. The molecule has 3 nitrogen and oxygen atoms in total. The average molecular weight is 230 g/mol. The van der Waals surface area contributed by atoms with E-state index in [2.05, 4.69) is 38.9 Å². The van der Waals surface area contributed by atoms with Crippen molar-refractivity contribution in [3.8, 4) is 5.69 Å². The van der Waals surface area contributed by atoms with Crippen molar-refractivity contribution in [1.29, 1.82) is 0 Å². The van der Waals surface area contributed by atoms with Crippen molar-refractivity contribution in [2.75, 3.05) is 0 Å². The average Bonchev–Trinajstić information content (AvgIpc) is 2.68. The van der Waals surface area contributed by atoms with Crippen LogP contribution < -0.4 is 5.56 Å². The molecule has 1 heterocycles. The Balaban J connectivity index is 2.63. The highest BCUT2D eigenvalue weighted by atomic mass is 16.1. The maximum atomic E-state index is 11.6. The van der Waals surface area contributed by atoms with E-state index in [1.54, 1.807) is 10.9 Å². The fraction of sp³-hybridized carbons (Fsp3) is 0.357. The number of hydrogen-bond acceptors (Lipinski definition) is 1. The fourth-order valence-corrected chi connectivity index (χ4v) is 2.20. The van der Waals surface area contributed by atoms with Gasteiger partial charge in [0.2, 0.25) is 0 Å². The Morgan fingerprint density at radius 1 is 1.12 bits per heavy atom. The molecule has 17 heavy (non-hydrogen) atoms. The smallest absolute Gasteiger partial charge is 0.271 e. The van der Waals surface area contributed by atoms with Gasteiger partial charge in [-0.25, -0.2) is 4.68 Å². The van der Waals surface area contributed by atoms with Gasteiger partial charge in [0, 0.05) is 12.3 Å². The van der Waals surface area contributed by atoms with Gasteiger partial charge in [-0.05, 0) is 42.5 Å². The lowest BCUT2D eigenvalue weighted by atomic mass is 9.94. The monoisotopic (exact) mass is 230 g/mol.